The second kappa shape index (κ2) is 5.49. The zero-order valence-corrected chi connectivity index (χ0v) is 11.6. The molecule has 0 aromatic heterocycles. The number of carbonyl (C=O) groups excluding carboxylic acids is 1. The Balaban J connectivity index is 1.86. The van der Waals surface area contributed by atoms with Crippen LogP contribution in [0.2, 0.25) is 0 Å². The Morgan fingerprint density at radius 3 is 2.40 bits per heavy atom. The van der Waals surface area contributed by atoms with E-state index in [2.05, 4.69) is 30.8 Å². The van der Waals surface area contributed by atoms with E-state index in [0.717, 1.165) is 36.9 Å². The van der Waals surface area contributed by atoms with Gasteiger partial charge in [-0.05, 0) is 41.7 Å². The summed E-state index contributed by atoms with van der Waals surface area (Å²) in [5.74, 6) is 0.0833. The van der Waals surface area contributed by atoms with Gasteiger partial charge in [0.15, 0.2) is 0 Å². The number of rotatable bonds is 2. The molecule has 0 N–H and O–H groups in total. The molecule has 0 aliphatic carbocycles. The van der Waals surface area contributed by atoms with Crippen molar-refractivity contribution in [3.63, 3.8) is 0 Å². The molecular weight excluding hydrogens is 246 g/mol. The lowest BCUT2D eigenvalue weighted by molar-refractivity contribution is -0.125. The maximum atomic E-state index is 12.5. The van der Waals surface area contributed by atoms with E-state index < -0.39 is 0 Å². The monoisotopic (exact) mass is 265 g/mol. The number of hydrogen-bond acceptors (Lipinski definition) is 1. The summed E-state index contributed by atoms with van der Waals surface area (Å²) in [6.07, 6.45) is 3.44. The average Bonchev–Trinajstić information content (AvgIpc) is 2.54. The fourth-order valence-electron chi connectivity index (χ4n) is 2.79. The van der Waals surface area contributed by atoms with Crippen LogP contribution in [0.4, 0.5) is 0 Å². The van der Waals surface area contributed by atoms with E-state index in [1.54, 1.807) is 0 Å². The first-order valence-corrected chi connectivity index (χ1v) is 7.23. The maximum absolute atomic E-state index is 12.5. The molecule has 0 unspecified atom stereocenters. The maximum Gasteiger partial charge on any atom is 0.253 e. The van der Waals surface area contributed by atoms with Crippen LogP contribution in [0.15, 0.2) is 49.0 Å². The molecule has 1 heterocycles. The molecule has 0 saturated carbocycles. The largest absolute Gasteiger partial charge is 0.339 e. The number of amides is 1. The van der Waals surface area contributed by atoms with Gasteiger partial charge in [-0.25, -0.2) is 0 Å². The zero-order chi connectivity index (χ0) is 13.9. The van der Waals surface area contributed by atoms with E-state index >= 15 is 0 Å². The molecular formula is C18H19NO. The van der Waals surface area contributed by atoms with Crippen molar-refractivity contribution in [2.45, 2.75) is 19.3 Å². The van der Waals surface area contributed by atoms with Crippen molar-refractivity contribution in [2.24, 2.45) is 0 Å². The molecule has 0 atom stereocenters. The predicted molar refractivity (Wildman–Crippen MR) is 83.4 cm³/mol. The highest BCUT2D eigenvalue weighted by atomic mass is 16.2. The Labute approximate surface area is 119 Å². The molecule has 102 valence electrons. The van der Waals surface area contributed by atoms with Crippen molar-refractivity contribution in [3.05, 3.63) is 54.6 Å². The van der Waals surface area contributed by atoms with E-state index in [1.807, 2.05) is 23.1 Å². The number of carbonyl (C=O) groups is 1. The highest BCUT2D eigenvalue weighted by Gasteiger charge is 2.19. The van der Waals surface area contributed by atoms with Crippen LogP contribution in [0.5, 0.6) is 0 Å². The van der Waals surface area contributed by atoms with E-state index in [-0.39, 0.29) is 5.91 Å². The van der Waals surface area contributed by atoms with E-state index in [1.165, 1.54) is 11.8 Å². The summed E-state index contributed by atoms with van der Waals surface area (Å²) < 4.78 is 0. The van der Waals surface area contributed by atoms with Gasteiger partial charge in [0.2, 0.25) is 0 Å². The van der Waals surface area contributed by atoms with Gasteiger partial charge in [-0.3, -0.25) is 4.79 Å². The summed E-state index contributed by atoms with van der Waals surface area (Å²) in [6.45, 7) is 5.75. The number of piperidine rings is 1. The Hall–Kier alpha value is -2.09. The van der Waals surface area contributed by atoms with Crippen LogP contribution in [-0.2, 0) is 4.79 Å². The molecule has 20 heavy (non-hydrogen) atoms. The third-order valence-electron chi connectivity index (χ3n) is 4.00. The number of likely N-dealkylation sites (tertiary alicyclic amines) is 1. The van der Waals surface area contributed by atoms with E-state index in [4.69, 9.17) is 0 Å². The molecule has 1 amide bonds. The minimum atomic E-state index is 0.0833. The fourth-order valence-corrected chi connectivity index (χ4v) is 2.79. The summed E-state index contributed by atoms with van der Waals surface area (Å²) in [5, 5.41) is 2.34. The summed E-state index contributed by atoms with van der Waals surface area (Å²) >= 11 is 0. The van der Waals surface area contributed by atoms with Crippen LogP contribution in [0.25, 0.3) is 16.3 Å². The third kappa shape index (κ3) is 2.46. The summed E-state index contributed by atoms with van der Waals surface area (Å²) in [4.78, 5) is 14.4. The van der Waals surface area contributed by atoms with Gasteiger partial charge < -0.3 is 4.90 Å². The Bertz CT molecular complexity index is 653. The third-order valence-corrected chi connectivity index (χ3v) is 4.00. The van der Waals surface area contributed by atoms with Gasteiger partial charge in [-0.15, -0.1) is 0 Å². The second-order valence-corrected chi connectivity index (χ2v) is 5.39. The molecule has 2 heteroatoms. The molecule has 0 radical (unpaired) electrons. The lowest BCUT2D eigenvalue weighted by Crippen LogP contribution is -2.35. The minimum absolute atomic E-state index is 0.0833. The first-order chi connectivity index (χ1) is 9.75. The first-order valence-electron chi connectivity index (χ1n) is 7.23. The van der Waals surface area contributed by atoms with Crippen molar-refractivity contribution < 1.29 is 4.79 Å². The van der Waals surface area contributed by atoms with E-state index in [0.29, 0.717) is 5.57 Å². The number of hydrogen-bond donors (Lipinski definition) is 0. The highest BCUT2D eigenvalue weighted by Crippen LogP contribution is 2.23. The van der Waals surface area contributed by atoms with Gasteiger partial charge in [-0.1, -0.05) is 43.0 Å². The summed E-state index contributed by atoms with van der Waals surface area (Å²) in [7, 11) is 0. The number of nitrogens with zero attached hydrogens (tertiary/aromatic N) is 1. The lowest BCUT2D eigenvalue weighted by Gasteiger charge is -2.27. The first kappa shape index (κ1) is 12.9. The number of benzene rings is 2. The highest BCUT2D eigenvalue weighted by molar-refractivity contribution is 6.19. The van der Waals surface area contributed by atoms with Crippen molar-refractivity contribution in [3.8, 4) is 0 Å². The summed E-state index contributed by atoms with van der Waals surface area (Å²) in [5.41, 5.74) is 1.54. The summed E-state index contributed by atoms with van der Waals surface area (Å²) in [6, 6.07) is 14.3. The molecule has 3 rings (SSSR count). The van der Waals surface area contributed by atoms with Crippen molar-refractivity contribution >= 4 is 22.3 Å². The SMILES string of the molecule is C=C(C(=O)N1CCCCC1)c1ccc2ccccc2c1. The van der Waals surface area contributed by atoms with Gasteiger partial charge in [0.1, 0.15) is 0 Å². The smallest absolute Gasteiger partial charge is 0.253 e. The van der Waals surface area contributed by atoms with Crippen molar-refractivity contribution in [2.75, 3.05) is 13.1 Å². The van der Waals surface area contributed by atoms with Gasteiger partial charge >= 0.3 is 0 Å². The number of fused-ring (bicyclic) bond motifs is 1. The van der Waals surface area contributed by atoms with Crippen molar-refractivity contribution in [1.29, 1.82) is 0 Å². The fraction of sp³-hybridized carbons (Fsp3) is 0.278. The molecule has 0 bridgehead atoms. The van der Waals surface area contributed by atoms with Gasteiger partial charge in [0.25, 0.3) is 5.91 Å². The molecule has 2 aromatic rings. The van der Waals surface area contributed by atoms with Gasteiger partial charge in [0, 0.05) is 18.7 Å². The molecule has 2 nitrogen and oxygen atoms in total. The normalized spacial score (nSPS) is 15.3. The minimum Gasteiger partial charge on any atom is -0.339 e. The predicted octanol–water partition coefficient (Wildman–Crippen LogP) is 3.87. The quantitative estimate of drug-likeness (QED) is 0.755. The van der Waals surface area contributed by atoms with Crippen LogP contribution in [0.1, 0.15) is 24.8 Å². The molecule has 1 saturated heterocycles. The molecule has 0 spiro atoms. The van der Waals surface area contributed by atoms with E-state index in [9.17, 15) is 4.79 Å². The molecule has 1 fully saturated rings. The molecule has 1 aliphatic heterocycles. The lowest BCUT2D eigenvalue weighted by atomic mass is 10.0. The Morgan fingerprint density at radius 2 is 1.65 bits per heavy atom. The topological polar surface area (TPSA) is 20.3 Å². The zero-order valence-electron chi connectivity index (χ0n) is 11.6. The van der Waals surface area contributed by atoms with Crippen LogP contribution >= 0.6 is 0 Å². The standard InChI is InChI=1S/C18H19NO/c1-14(18(20)19-11-5-2-6-12-19)16-10-9-15-7-3-4-8-17(15)13-16/h3-4,7-10,13H,1-2,5-6,11-12H2. The van der Waals surface area contributed by atoms with Crippen molar-refractivity contribution in [1.82, 2.24) is 4.90 Å². The average molecular weight is 265 g/mol. The van der Waals surface area contributed by atoms with Gasteiger partial charge in [-0.2, -0.15) is 0 Å². The molecule has 1 aliphatic rings. The van der Waals surface area contributed by atoms with Crippen LogP contribution in [0.3, 0.4) is 0 Å². The second-order valence-electron chi connectivity index (χ2n) is 5.39. The molecule has 2 aromatic carbocycles. The Morgan fingerprint density at radius 1 is 0.950 bits per heavy atom. The van der Waals surface area contributed by atoms with Gasteiger partial charge in [0.05, 0.1) is 0 Å². The van der Waals surface area contributed by atoms with Crippen LogP contribution in [0, 0.1) is 0 Å². The Kier molecular flexibility index (Phi) is 3.55. The van der Waals surface area contributed by atoms with Crippen LogP contribution < -0.4 is 0 Å². The van der Waals surface area contributed by atoms with Crippen LogP contribution in [-0.4, -0.2) is 23.9 Å².